The fourth-order valence-electron chi connectivity index (χ4n) is 2.57. The zero-order valence-electron chi connectivity index (χ0n) is 17.8. The first-order valence-electron chi connectivity index (χ1n) is 9.67. The van der Waals surface area contributed by atoms with Crippen molar-refractivity contribution in [3.8, 4) is 0 Å². The third kappa shape index (κ3) is 7.25. The van der Waals surface area contributed by atoms with Crippen LogP contribution in [-0.4, -0.2) is 48.5 Å². The molecule has 2 rings (SSSR count). The highest BCUT2D eigenvalue weighted by Crippen LogP contribution is 2.34. The summed E-state index contributed by atoms with van der Waals surface area (Å²) in [4.78, 5) is 49.2. The lowest BCUT2D eigenvalue weighted by atomic mass is 10.1. The van der Waals surface area contributed by atoms with Crippen LogP contribution < -0.4 is 10.6 Å². The van der Waals surface area contributed by atoms with Crippen molar-refractivity contribution in [2.75, 3.05) is 35.4 Å². The number of benzene rings is 1. The van der Waals surface area contributed by atoms with Gasteiger partial charge < -0.3 is 20.1 Å². The van der Waals surface area contributed by atoms with E-state index in [2.05, 4.69) is 10.6 Å². The molecule has 0 spiro atoms. The number of halogens is 1. The predicted octanol–water partition coefficient (Wildman–Crippen LogP) is 4.37. The molecule has 11 heteroatoms. The molecule has 0 saturated carbocycles. The number of amides is 2. The summed E-state index contributed by atoms with van der Waals surface area (Å²) in [5.41, 5.74) is 1.11. The van der Waals surface area contributed by atoms with Gasteiger partial charge in [-0.25, -0.2) is 9.59 Å². The zero-order valence-corrected chi connectivity index (χ0v) is 20.2. The maximum absolute atomic E-state index is 12.4. The maximum atomic E-state index is 12.4. The molecule has 0 bridgehead atoms. The fraction of sp³-hybridized carbons (Fsp3) is 0.333. The molecule has 0 atom stereocenters. The van der Waals surface area contributed by atoms with Crippen LogP contribution in [0.2, 0.25) is 5.02 Å². The number of nitrogens with one attached hydrogen (secondary N) is 2. The van der Waals surface area contributed by atoms with Crippen LogP contribution in [0.5, 0.6) is 0 Å². The number of thiophene rings is 1. The Morgan fingerprint density at radius 2 is 1.50 bits per heavy atom. The maximum Gasteiger partial charge on any atom is 0.348 e. The monoisotopic (exact) mass is 498 g/mol. The number of ether oxygens (including phenoxy) is 2. The van der Waals surface area contributed by atoms with E-state index in [9.17, 15) is 19.2 Å². The minimum absolute atomic E-state index is 0.0258. The number of esters is 2. The standard InChI is InChI=1S/C21H23ClN2O6S2/c1-4-29-20(27)17-12(3)18(21(28)30-5-2)32-19(17)24-16(26)11-31-10-15(25)23-14-8-6-13(22)7-9-14/h6-9H,4-5,10-11H2,1-3H3,(H,23,25)(H,24,26). The molecule has 1 aromatic carbocycles. The summed E-state index contributed by atoms with van der Waals surface area (Å²) >= 11 is 7.87. The van der Waals surface area contributed by atoms with Crippen molar-refractivity contribution in [3.63, 3.8) is 0 Å². The van der Waals surface area contributed by atoms with Crippen molar-refractivity contribution in [3.05, 3.63) is 45.3 Å². The van der Waals surface area contributed by atoms with E-state index in [1.54, 1.807) is 45.0 Å². The molecule has 0 aliphatic heterocycles. The summed E-state index contributed by atoms with van der Waals surface area (Å²) in [6.07, 6.45) is 0. The van der Waals surface area contributed by atoms with E-state index in [-0.39, 0.29) is 46.1 Å². The Hall–Kier alpha value is -2.56. The SMILES string of the molecule is CCOC(=O)c1sc(NC(=O)CSCC(=O)Nc2ccc(Cl)cc2)c(C(=O)OCC)c1C. The minimum Gasteiger partial charge on any atom is -0.462 e. The van der Waals surface area contributed by atoms with Crippen LogP contribution in [0.1, 0.15) is 39.4 Å². The van der Waals surface area contributed by atoms with Crippen molar-refractivity contribution in [1.82, 2.24) is 0 Å². The summed E-state index contributed by atoms with van der Waals surface area (Å²) in [5, 5.41) is 6.12. The highest BCUT2D eigenvalue weighted by atomic mass is 35.5. The van der Waals surface area contributed by atoms with Crippen LogP contribution in [0, 0.1) is 6.92 Å². The number of rotatable bonds is 10. The van der Waals surface area contributed by atoms with Gasteiger partial charge in [-0.15, -0.1) is 23.1 Å². The smallest absolute Gasteiger partial charge is 0.348 e. The number of hydrogen-bond donors (Lipinski definition) is 2. The van der Waals surface area contributed by atoms with E-state index in [1.165, 1.54) is 0 Å². The topological polar surface area (TPSA) is 111 Å². The van der Waals surface area contributed by atoms with Crippen molar-refractivity contribution in [2.45, 2.75) is 20.8 Å². The first kappa shape index (κ1) is 25.7. The van der Waals surface area contributed by atoms with Gasteiger partial charge in [-0.2, -0.15) is 0 Å². The molecule has 172 valence electrons. The Labute approximate surface area is 199 Å². The minimum atomic E-state index is -0.637. The molecule has 0 aliphatic carbocycles. The van der Waals surface area contributed by atoms with Crippen molar-refractivity contribution < 1.29 is 28.7 Å². The second-order valence-electron chi connectivity index (χ2n) is 6.30. The Kier molecular flexibility index (Phi) is 10.0. The van der Waals surface area contributed by atoms with E-state index >= 15 is 0 Å². The third-order valence-corrected chi connectivity index (χ3v) is 6.31. The molecular weight excluding hydrogens is 476 g/mol. The summed E-state index contributed by atoms with van der Waals surface area (Å²) in [7, 11) is 0. The third-order valence-electron chi connectivity index (χ3n) is 3.93. The molecule has 0 saturated heterocycles. The second-order valence-corrected chi connectivity index (χ2v) is 8.74. The summed E-state index contributed by atoms with van der Waals surface area (Å²) in [6, 6.07) is 6.67. The number of hydrogen-bond acceptors (Lipinski definition) is 8. The van der Waals surface area contributed by atoms with Crippen LogP contribution in [-0.2, 0) is 19.1 Å². The zero-order chi connectivity index (χ0) is 23.7. The van der Waals surface area contributed by atoms with E-state index in [4.69, 9.17) is 21.1 Å². The van der Waals surface area contributed by atoms with Crippen molar-refractivity contribution >= 4 is 69.1 Å². The van der Waals surface area contributed by atoms with E-state index in [0.29, 0.717) is 16.3 Å². The van der Waals surface area contributed by atoms with E-state index < -0.39 is 17.8 Å². The molecule has 0 aliphatic rings. The molecule has 1 heterocycles. The van der Waals surface area contributed by atoms with Gasteiger partial charge in [-0.1, -0.05) is 11.6 Å². The van der Waals surface area contributed by atoms with Crippen LogP contribution >= 0.6 is 34.7 Å². The second kappa shape index (κ2) is 12.5. The van der Waals surface area contributed by atoms with Gasteiger partial charge in [0.1, 0.15) is 9.88 Å². The number of thioether (sulfide) groups is 1. The Bertz CT molecular complexity index is 991. The molecule has 2 N–H and O–H groups in total. The first-order valence-corrected chi connectivity index (χ1v) is 12.0. The van der Waals surface area contributed by atoms with Gasteiger partial charge in [-0.05, 0) is 50.6 Å². The molecule has 2 amide bonds. The normalized spacial score (nSPS) is 10.4. The number of carbonyl (C=O) groups is 4. The molecular formula is C21H23ClN2O6S2. The van der Waals surface area contributed by atoms with Crippen LogP contribution in [0.4, 0.5) is 10.7 Å². The quantitative estimate of drug-likeness (QED) is 0.468. The lowest BCUT2D eigenvalue weighted by Gasteiger charge is -2.07. The van der Waals surface area contributed by atoms with Gasteiger partial charge in [0.2, 0.25) is 11.8 Å². The average Bonchev–Trinajstić information content (AvgIpc) is 3.06. The molecule has 8 nitrogen and oxygen atoms in total. The van der Waals surface area contributed by atoms with Crippen molar-refractivity contribution in [2.24, 2.45) is 0 Å². The average molecular weight is 499 g/mol. The lowest BCUT2D eigenvalue weighted by molar-refractivity contribution is -0.114. The summed E-state index contributed by atoms with van der Waals surface area (Å²) < 4.78 is 10.1. The highest BCUT2D eigenvalue weighted by molar-refractivity contribution is 8.00. The predicted molar refractivity (Wildman–Crippen MR) is 127 cm³/mol. The first-order chi connectivity index (χ1) is 15.3. The number of carbonyl (C=O) groups excluding carboxylic acids is 4. The van der Waals surface area contributed by atoms with Crippen LogP contribution in [0.25, 0.3) is 0 Å². The number of anilines is 2. The fourth-order valence-corrected chi connectivity index (χ4v) is 4.42. The van der Waals surface area contributed by atoms with Gasteiger partial charge in [0, 0.05) is 10.7 Å². The molecule has 32 heavy (non-hydrogen) atoms. The highest BCUT2D eigenvalue weighted by Gasteiger charge is 2.27. The lowest BCUT2D eigenvalue weighted by Crippen LogP contribution is -2.19. The summed E-state index contributed by atoms with van der Waals surface area (Å²) in [6.45, 7) is 5.27. The summed E-state index contributed by atoms with van der Waals surface area (Å²) in [5.74, 6) is -1.87. The van der Waals surface area contributed by atoms with Crippen LogP contribution in [0.15, 0.2) is 24.3 Å². The van der Waals surface area contributed by atoms with Gasteiger partial charge in [0.25, 0.3) is 0 Å². The van der Waals surface area contributed by atoms with E-state index in [0.717, 1.165) is 23.1 Å². The van der Waals surface area contributed by atoms with Gasteiger partial charge in [0.15, 0.2) is 0 Å². The Morgan fingerprint density at radius 3 is 2.09 bits per heavy atom. The molecule has 0 radical (unpaired) electrons. The van der Waals surface area contributed by atoms with Gasteiger partial charge in [0.05, 0.1) is 30.3 Å². The molecule has 1 aromatic heterocycles. The Balaban J connectivity index is 1.99. The largest absolute Gasteiger partial charge is 0.462 e. The van der Waals surface area contributed by atoms with E-state index in [1.807, 2.05) is 0 Å². The Morgan fingerprint density at radius 1 is 0.938 bits per heavy atom. The molecule has 2 aromatic rings. The van der Waals surface area contributed by atoms with Gasteiger partial charge in [-0.3, -0.25) is 9.59 Å². The van der Waals surface area contributed by atoms with Crippen molar-refractivity contribution in [1.29, 1.82) is 0 Å². The molecule has 0 fully saturated rings. The van der Waals surface area contributed by atoms with Crippen LogP contribution in [0.3, 0.4) is 0 Å². The molecule has 0 unspecified atom stereocenters. The van der Waals surface area contributed by atoms with Gasteiger partial charge >= 0.3 is 11.9 Å².